The molecule has 0 aliphatic heterocycles. The molecule has 134 valence electrons. The number of thioether (sulfide) groups is 1. The predicted octanol–water partition coefficient (Wildman–Crippen LogP) is 6.09. The lowest BCUT2D eigenvalue weighted by molar-refractivity contribution is 0.262. The van der Waals surface area contributed by atoms with E-state index in [0.717, 1.165) is 9.90 Å². The molecule has 0 radical (unpaired) electrons. The average Bonchev–Trinajstić information content (AvgIpc) is 3.04. The van der Waals surface area contributed by atoms with E-state index in [1.54, 1.807) is 30.0 Å². The summed E-state index contributed by atoms with van der Waals surface area (Å²) in [5, 5.41) is 15.5. The molecule has 2 amide bonds. The van der Waals surface area contributed by atoms with Crippen LogP contribution in [0, 0.1) is 6.92 Å². The van der Waals surface area contributed by atoms with Crippen molar-refractivity contribution in [3.05, 3.63) is 63.1 Å². The Morgan fingerprint density at radius 2 is 1.88 bits per heavy atom. The summed E-state index contributed by atoms with van der Waals surface area (Å²) in [6.45, 7) is 2.05. The Labute approximate surface area is 169 Å². The molecule has 0 bridgehead atoms. The molecule has 0 atom stereocenters. The van der Waals surface area contributed by atoms with Crippen LogP contribution in [0.1, 0.15) is 10.6 Å². The standard InChI is InChI=1S/C17H14Cl2N4OS2/c1-10-2-5-12(6-3-10)25-9-15-22-23-17(26-15)21-16(24)20-14-7-4-11(18)8-13(14)19/h2-8H,9H2,1H3,(H2,20,21,23,24). The molecule has 0 aliphatic rings. The maximum absolute atomic E-state index is 12.1. The van der Waals surface area contributed by atoms with Gasteiger partial charge in [0.2, 0.25) is 5.13 Å². The number of benzene rings is 2. The highest BCUT2D eigenvalue weighted by molar-refractivity contribution is 7.98. The summed E-state index contributed by atoms with van der Waals surface area (Å²) in [5.74, 6) is 0.688. The van der Waals surface area contributed by atoms with Crippen molar-refractivity contribution < 1.29 is 4.79 Å². The molecule has 3 aromatic rings. The third-order valence-corrected chi connectivity index (χ3v) is 5.84. The van der Waals surface area contributed by atoms with Gasteiger partial charge in [0.1, 0.15) is 5.01 Å². The van der Waals surface area contributed by atoms with Gasteiger partial charge >= 0.3 is 6.03 Å². The summed E-state index contributed by atoms with van der Waals surface area (Å²) in [6, 6.07) is 12.7. The quantitative estimate of drug-likeness (QED) is 0.486. The second-order valence-electron chi connectivity index (χ2n) is 5.31. The summed E-state index contributed by atoms with van der Waals surface area (Å²) in [6.07, 6.45) is 0. The molecule has 2 aromatic carbocycles. The summed E-state index contributed by atoms with van der Waals surface area (Å²) >= 11 is 14.9. The Balaban J connectivity index is 1.54. The van der Waals surface area contributed by atoms with E-state index in [-0.39, 0.29) is 0 Å². The van der Waals surface area contributed by atoms with Crippen LogP contribution in [-0.4, -0.2) is 16.2 Å². The molecule has 5 nitrogen and oxygen atoms in total. The molecule has 2 N–H and O–H groups in total. The Kier molecular flexibility index (Phi) is 6.37. The molecule has 1 heterocycles. The largest absolute Gasteiger partial charge is 0.325 e. The molecule has 9 heteroatoms. The molecule has 0 unspecified atom stereocenters. The molecule has 0 aliphatic carbocycles. The number of hydrogen-bond acceptors (Lipinski definition) is 5. The fraction of sp³-hybridized carbons (Fsp3) is 0.118. The van der Waals surface area contributed by atoms with Crippen molar-refractivity contribution in [1.29, 1.82) is 0 Å². The minimum absolute atomic E-state index is 0.361. The van der Waals surface area contributed by atoms with Gasteiger partial charge in [0.25, 0.3) is 0 Å². The van der Waals surface area contributed by atoms with Crippen molar-refractivity contribution in [1.82, 2.24) is 10.2 Å². The van der Waals surface area contributed by atoms with Crippen LogP contribution < -0.4 is 10.6 Å². The zero-order valence-corrected chi connectivity index (χ0v) is 16.8. The van der Waals surface area contributed by atoms with Crippen LogP contribution in [0.15, 0.2) is 47.4 Å². The number of nitrogens with one attached hydrogen (secondary N) is 2. The average molecular weight is 425 g/mol. The first-order valence-corrected chi connectivity index (χ1v) is 10.1. The smallest absolute Gasteiger partial charge is 0.306 e. The van der Waals surface area contributed by atoms with Crippen LogP contribution in [-0.2, 0) is 5.75 Å². The van der Waals surface area contributed by atoms with Crippen LogP contribution in [0.4, 0.5) is 15.6 Å². The van der Waals surface area contributed by atoms with E-state index in [0.29, 0.717) is 26.6 Å². The highest BCUT2D eigenvalue weighted by atomic mass is 35.5. The highest BCUT2D eigenvalue weighted by Crippen LogP contribution is 2.27. The number of urea groups is 1. The van der Waals surface area contributed by atoms with Gasteiger partial charge in [0.05, 0.1) is 16.5 Å². The Bertz CT molecular complexity index is 915. The van der Waals surface area contributed by atoms with Gasteiger partial charge in [-0.1, -0.05) is 52.2 Å². The summed E-state index contributed by atoms with van der Waals surface area (Å²) < 4.78 is 0. The minimum Gasteiger partial charge on any atom is -0.306 e. The van der Waals surface area contributed by atoms with Crippen molar-refractivity contribution in [3.8, 4) is 0 Å². The van der Waals surface area contributed by atoms with E-state index in [9.17, 15) is 4.79 Å². The summed E-state index contributed by atoms with van der Waals surface area (Å²) in [7, 11) is 0. The first-order chi connectivity index (χ1) is 12.5. The van der Waals surface area contributed by atoms with Crippen molar-refractivity contribution in [2.75, 3.05) is 10.6 Å². The van der Waals surface area contributed by atoms with Gasteiger partial charge in [-0.15, -0.1) is 22.0 Å². The third-order valence-electron chi connectivity index (χ3n) is 3.25. The van der Waals surface area contributed by atoms with E-state index >= 15 is 0 Å². The molecule has 0 saturated heterocycles. The van der Waals surface area contributed by atoms with E-state index in [1.165, 1.54) is 16.9 Å². The molecule has 0 fully saturated rings. The van der Waals surface area contributed by atoms with E-state index in [1.807, 2.05) is 0 Å². The topological polar surface area (TPSA) is 66.9 Å². The second-order valence-corrected chi connectivity index (χ2v) is 8.26. The SMILES string of the molecule is Cc1ccc(SCc2nnc(NC(=O)Nc3ccc(Cl)cc3Cl)s2)cc1. The molecule has 0 spiro atoms. The maximum Gasteiger partial charge on any atom is 0.325 e. The number of aromatic nitrogens is 2. The van der Waals surface area contributed by atoms with Crippen LogP contribution in [0.2, 0.25) is 10.0 Å². The lowest BCUT2D eigenvalue weighted by atomic mass is 10.2. The minimum atomic E-state index is -0.442. The second kappa shape index (κ2) is 8.73. The van der Waals surface area contributed by atoms with Gasteiger partial charge in [-0.05, 0) is 37.3 Å². The molecule has 1 aromatic heterocycles. The zero-order valence-electron chi connectivity index (χ0n) is 13.6. The Morgan fingerprint density at radius 3 is 2.62 bits per heavy atom. The maximum atomic E-state index is 12.1. The number of halogens is 2. The van der Waals surface area contributed by atoms with Gasteiger partial charge in [0, 0.05) is 9.92 Å². The van der Waals surface area contributed by atoms with Crippen molar-refractivity contribution >= 4 is 63.2 Å². The molecule has 3 rings (SSSR count). The van der Waals surface area contributed by atoms with Crippen LogP contribution >= 0.6 is 46.3 Å². The van der Waals surface area contributed by atoms with Gasteiger partial charge in [-0.3, -0.25) is 5.32 Å². The fourth-order valence-corrected chi connectivity index (χ4v) is 4.06. The van der Waals surface area contributed by atoms with Crippen LogP contribution in [0.25, 0.3) is 0 Å². The number of carbonyl (C=O) groups excluding carboxylic acids is 1. The van der Waals surface area contributed by atoms with Crippen molar-refractivity contribution in [2.45, 2.75) is 17.6 Å². The lowest BCUT2D eigenvalue weighted by Crippen LogP contribution is -2.19. The fourth-order valence-electron chi connectivity index (χ4n) is 1.98. The van der Waals surface area contributed by atoms with Crippen LogP contribution in [0.3, 0.4) is 0 Å². The molecular weight excluding hydrogens is 411 g/mol. The van der Waals surface area contributed by atoms with Gasteiger partial charge in [-0.25, -0.2) is 4.79 Å². The zero-order chi connectivity index (χ0) is 18.5. The first kappa shape index (κ1) is 19.0. The van der Waals surface area contributed by atoms with E-state index < -0.39 is 6.03 Å². The van der Waals surface area contributed by atoms with Gasteiger partial charge in [-0.2, -0.15) is 0 Å². The van der Waals surface area contributed by atoms with E-state index in [2.05, 4.69) is 52.0 Å². The van der Waals surface area contributed by atoms with E-state index in [4.69, 9.17) is 23.2 Å². The number of carbonyl (C=O) groups is 1. The highest BCUT2D eigenvalue weighted by Gasteiger charge is 2.10. The first-order valence-electron chi connectivity index (χ1n) is 7.54. The summed E-state index contributed by atoms with van der Waals surface area (Å²) in [4.78, 5) is 13.2. The monoisotopic (exact) mass is 424 g/mol. The van der Waals surface area contributed by atoms with Gasteiger partial charge in [0.15, 0.2) is 0 Å². The molecule has 26 heavy (non-hydrogen) atoms. The number of nitrogens with zero attached hydrogens (tertiary/aromatic N) is 2. The summed E-state index contributed by atoms with van der Waals surface area (Å²) in [5.41, 5.74) is 1.69. The molecular formula is C17H14Cl2N4OS2. The number of rotatable bonds is 5. The normalized spacial score (nSPS) is 10.6. The number of anilines is 2. The predicted molar refractivity (Wildman–Crippen MR) is 110 cm³/mol. The number of amides is 2. The van der Waals surface area contributed by atoms with Crippen molar-refractivity contribution in [2.24, 2.45) is 0 Å². The van der Waals surface area contributed by atoms with Crippen LogP contribution in [0.5, 0.6) is 0 Å². The molecule has 0 saturated carbocycles. The van der Waals surface area contributed by atoms with Crippen molar-refractivity contribution in [3.63, 3.8) is 0 Å². The third kappa shape index (κ3) is 5.35. The lowest BCUT2D eigenvalue weighted by Gasteiger charge is -2.07. The Morgan fingerprint density at radius 1 is 1.12 bits per heavy atom. The number of hydrogen-bond donors (Lipinski definition) is 2. The Hall–Kier alpha value is -1.80. The van der Waals surface area contributed by atoms with Gasteiger partial charge < -0.3 is 5.32 Å². The number of aryl methyl sites for hydroxylation is 1.